The van der Waals surface area contributed by atoms with E-state index in [1.54, 1.807) is 6.07 Å². The van der Waals surface area contributed by atoms with E-state index in [1.165, 1.54) is 6.08 Å². The number of rotatable bonds is 5. The van der Waals surface area contributed by atoms with Crippen LogP contribution < -0.4 is 5.32 Å². The number of benzene rings is 2. The standard InChI is InChI=1S/C20H15I2N3O2/c21-15-8-13(19(26)17(22)9-15)7-14(10-23)20(27)24-6-5-12-11-25-18-4-2-1-3-16(12)18/h1-4,7-9,11,25-26H,5-6H2,(H,24,27)/b14-7-. The molecule has 7 heteroatoms. The number of aromatic nitrogens is 1. The summed E-state index contributed by atoms with van der Waals surface area (Å²) in [6, 6.07) is 13.4. The van der Waals surface area contributed by atoms with Crippen LogP contribution in [-0.2, 0) is 11.2 Å². The molecule has 0 fully saturated rings. The van der Waals surface area contributed by atoms with Crippen LogP contribution in [0.1, 0.15) is 11.1 Å². The molecule has 0 atom stereocenters. The predicted molar refractivity (Wildman–Crippen MR) is 122 cm³/mol. The molecule has 0 unspecified atom stereocenters. The summed E-state index contributed by atoms with van der Waals surface area (Å²) in [7, 11) is 0. The summed E-state index contributed by atoms with van der Waals surface area (Å²) < 4.78 is 1.58. The Morgan fingerprint density at radius 2 is 2.07 bits per heavy atom. The maximum atomic E-state index is 12.4. The van der Waals surface area contributed by atoms with Gasteiger partial charge >= 0.3 is 0 Å². The fraction of sp³-hybridized carbons (Fsp3) is 0.100. The van der Waals surface area contributed by atoms with Crippen LogP contribution in [0.5, 0.6) is 5.75 Å². The number of nitrogens with zero attached hydrogens (tertiary/aromatic N) is 1. The average Bonchev–Trinajstić information content (AvgIpc) is 3.06. The Hall–Kier alpha value is -2.06. The third-order valence-corrected chi connectivity index (χ3v) is 5.52. The Bertz CT molecular complexity index is 1080. The van der Waals surface area contributed by atoms with Gasteiger partial charge in [0, 0.05) is 32.8 Å². The van der Waals surface area contributed by atoms with Gasteiger partial charge in [-0.15, -0.1) is 0 Å². The van der Waals surface area contributed by atoms with Crippen molar-refractivity contribution in [3.8, 4) is 11.8 Å². The second-order valence-electron chi connectivity index (χ2n) is 5.86. The Balaban J connectivity index is 1.70. The van der Waals surface area contributed by atoms with Crippen molar-refractivity contribution in [2.75, 3.05) is 6.54 Å². The van der Waals surface area contributed by atoms with Crippen molar-refractivity contribution in [3.05, 3.63) is 66.4 Å². The second kappa shape index (κ2) is 8.75. The lowest BCUT2D eigenvalue weighted by Crippen LogP contribution is -2.26. The van der Waals surface area contributed by atoms with Gasteiger partial charge in [-0.3, -0.25) is 4.79 Å². The van der Waals surface area contributed by atoms with Crippen LogP contribution >= 0.6 is 45.2 Å². The fourth-order valence-electron chi connectivity index (χ4n) is 2.74. The minimum atomic E-state index is -0.453. The molecule has 5 nitrogen and oxygen atoms in total. The maximum absolute atomic E-state index is 12.4. The van der Waals surface area contributed by atoms with Crippen LogP contribution in [0.25, 0.3) is 17.0 Å². The third-order valence-electron chi connectivity index (χ3n) is 4.08. The minimum absolute atomic E-state index is 0.0398. The number of halogens is 2. The molecule has 3 aromatic rings. The van der Waals surface area contributed by atoms with Gasteiger partial charge in [0.1, 0.15) is 17.4 Å². The summed E-state index contributed by atoms with van der Waals surface area (Å²) >= 11 is 4.14. The van der Waals surface area contributed by atoms with Crippen molar-refractivity contribution in [2.45, 2.75) is 6.42 Å². The van der Waals surface area contributed by atoms with Crippen molar-refractivity contribution < 1.29 is 9.90 Å². The van der Waals surface area contributed by atoms with Gasteiger partial charge in [-0.1, -0.05) is 18.2 Å². The summed E-state index contributed by atoms with van der Waals surface area (Å²) in [5, 5.41) is 23.4. The van der Waals surface area contributed by atoms with Crippen LogP contribution in [0.15, 0.2) is 48.2 Å². The first kappa shape index (κ1) is 19.7. The Morgan fingerprint density at radius 3 is 2.85 bits per heavy atom. The number of aromatic hydroxyl groups is 1. The molecule has 1 aromatic heterocycles. The summed E-state index contributed by atoms with van der Waals surface area (Å²) in [5.41, 5.74) is 2.58. The molecule has 0 bridgehead atoms. The lowest BCUT2D eigenvalue weighted by molar-refractivity contribution is -0.117. The summed E-state index contributed by atoms with van der Waals surface area (Å²) in [6.45, 7) is 0.412. The number of amides is 1. The summed E-state index contributed by atoms with van der Waals surface area (Å²) in [4.78, 5) is 15.6. The van der Waals surface area contributed by atoms with Crippen molar-refractivity contribution in [1.82, 2.24) is 10.3 Å². The molecule has 2 aromatic carbocycles. The smallest absolute Gasteiger partial charge is 0.261 e. The van der Waals surface area contributed by atoms with Crippen LogP contribution in [0.3, 0.4) is 0 Å². The summed E-state index contributed by atoms with van der Waals surface area (Å²) in [6.07, 6.45) is 4.01. The number of hydrogen-bond acceptors (Lipinski definition) is 3. The van der Waals surface area contributed by atoms with Gasteiger partial charge in [0.05, 0.1) is 3.57 Å². The largest absolute Gasteiger partial charge is 0.506 e. The first-order valence-electron chi connectivity index (χ1n) is 8.12. The van der Waals surface area contributed by atoms with Gasteiger partial charge < -0.3 is 15.4 Å². The van der Waals surface area contributed by atoms with Crippen LogP contribution in [0.2, 0.25) is 0 Å². The molecule has 136 valence electrons. The number of aromatic amines is 1. The van der Waals surface area contributed by atoms with E-state index >= 15 is 0 Å². The van der Waals surface area contributed by atoms with E-state index in [-0.39, 0.29) is 11.3 Å². The fourth-order valence-corrected chi connectivity index (χ4v) is 4.63. The molecular formula is C20H15I2N3O2. The highest BCUT2D eigenvalue weighted by molar-refractivity contribution is 14.1. The highest BCUT2D eigenvalue weighted by Crippen LogP contribution is 2.28. The third kappa shape index (κ3) is 4.62. The van der Waals surface area contributed by atoms with E-state index in [4.69, 9.17) is 0 Å². The quantitative estimate of drug-likeness (QED) is 0.237. The van der Waals surface area contributed by atoms with Gasteiger partial charge in [0.15, 0.2) is 0 Å². The molecule has 3 rings (SSSR count). The molecule has 1 heterocycles. The predicted octanol–water partition coefficient (Wildman–Crippen LogP) is 4.35. The lowest BCUT2D eigenvalue weighted by atomic mass is 10.1. The van der Waals surface area contributed by atoms with Crippen LogP contribution in [-0.4, -0.2) is 22.5 Å². The molecule has 0 saturated heterocycles. The number of phenols is 1. The molecular weight excluding hydrogens is 568 g/mol. The number of para-hydroxylation sites is 1. The topological polar surface area (TPSA) is 88.9 Å². The van der Waals surface area contributed by atoms with E-state index in [1.807, 2.05) is 65.2 Å². The van der Waals surface area contributed by atoms with Gasteiger partial charge in [-0.05, 0) is 81.4 Å². The van der Waals surface area contributed by atoms with Crippen molar-refractivity contribution in [1.29, 1.82) is 5.26 Å². The first-order valence-corrected chi connectivity index (χ1v) is 10.3. The zero-order valence-corrected chi connectivity index (χ0v) is 18.4. The van der Waals surface area contributed by atoms with Gasteiger partial charge in [-0.25, -0.2) is 0 Å². The number of nitrogens with one attached hydrogen (secondary N) is 2. The SMILES string of the molecule is N#C/C(=C/c1cc(I)cc(I)c1O)C(=O)NCCc1c[nH]c2ccccc12. The van der Waals surface area contributed by atoms with Crippen LogP contribution in [0.4, 0.5) is 0 Å². The van der Waals surface area contributed by atoms with Crippen molar-refractivity contribution in [2.24, 2.45) is 0 Å². The number of carbonyl (C=O) groups excluding carboxylic acids is 1. The lowest BCUT2D eigenvalue weighted by Gasteiger charge is -2.06. The molecule has 0 aliphatic rings. The van der Waals surface area contributed by atoms with E-state index in [2.05, 4.69) is 32.9 Å². The number of H-pyrrole nitrogens is 1. The molecule has 0 radical (unpaired) electrons. The summed E-state index contributed by atoms with van der Waals surface area (Å²) in [5.74, 6) is -0.388. The maximum Gasteiger partial charge on any atom is 0.261 e. The normalized spacial score (nSPS) is 11.4. The minimum Gasteiger partial charge on any atom is -0.506 e. The average molecular weight is 583 g/mol. The van der Waals surface area contributed by atoms with Crippen molar-refractivity contribution in [3.63, 3.8) is 0 Å². The Kier molecular flexibility index (Phi) is 6.38. The highest BCUT2D eigenvalue weighted by Gasteiger charge is 2.12. The Morgan fingerprint density at radius 1 is 1.30 bits per heavy atom. The monoisotopic (exact) mass is 583 g/mol. The molecule has 0 spiro atoms. The second-order valence-corrected chi connectivity index (χ2v) is 8.27. The van der Waals surface area contributed by atoms with E-state index in [0.29, 0.717) is 22.1 Å². The molecule has 3 N–H and O–H groups in total. The number of phenolic OH excluding ortho intramolecular Hbond substituents is 1. The van der Waals surface area contributed by atoms with Gasteiger partial charge in [0.2, 0.25) is 0 Å². The number of fused-ring (bicyclic) bond motifs is 1. The molecule has 0 aliphatic carbocycles. The Labute approximate surface area is 183 Å². The van der Waals surface area contributed by atoms with E-state index < -0.39 is 5.91 Å². The van der Waals surface area contributed by atoms with Gasteiger partial charge in [0.25, 0.3) is 5.91 Å². The number of carbonyl (C=O) groups is 1. The molecule has 27 heavy (non-hydrogen) atoms. The highest BCUT2D eigenvalue weighted by atomic mass is 127. The zero-order chi connectivity index (χ0) is 19.4. The number of hydrogen-bond donors (Lipinski definition) is 3. The number of nitriles is 1. The molecule has 0 saturated carbocycles. The molecule has 0 aliphatic heterocycles. The first-order chi connectivity index (χ1) is 13.0. The van der Waals surface area contributed by atoms with Crippen LogP contribution in [0, 0.1) is 18.5 Å². The van der Waals surface area contributed by atoms with Crippen molar-refractivity contribution >= 4 is 68.1 Å². The van der Waals surface area contributed by atoms with Gasteiger partial charge in [-0.2, -0.15) is 5.26 Å². The molecule has 1 amide bonds. The van der Waals surface area contributed by atoms with E-state index in [0.717, 1.165) is 20.0 Å². The zero-order valence-electron chi connectivity index (χ0n) is 14.1. The van der Waals surface area contributed by atoms with E-state index in [9.17, 15) is 15.2 Å².